The van der Waals surface area contributed by atoms with E-state index in [4.69, 9.17) is 0 Å². The molecule has 1 aromatic carbocycles. The van der Waals surface area contributed by atoms with Crippen LogP contribution in [0.3, 0.4) is 0 Å². The molecule has 96 valence electrons. The summed E-state index contributed by atoms with van der Waals surface area (Å²) in [6.45, 7) is 4.36. The second-order valence-corrected chi connectivity index (χ2v) is 4.66. The van der Waals surface area contributed by atoms with Crippen LogP contribution < -0.4 is 5.32 Å². The number of hydrogen-bond donors (Lipinski definition) is 2. The predicted molar refractivity (Wildman–Crippen MR) is 74.4 cm³/mol. The third kappa shape index (κ3) is 3.44. The minimum absolute atomic E-state index is 0.258. The number of hydrogen-bond acceptors (Lipinski definition) is 2. The summed E-state index contributed by atoms with van der Waals surface area (Å²) in [5, 5.41) is 3.62. The normalized spacial score (nSPS) is 14.3. The van der Waals surface area contributed by atoms with Crippen molar-refractivity contribution in [2.45, 2.75) is 38.8 Å². The first-order valence-corrected chi connectivity index (χ1v) is 6.59. The maximum atomic E-state index is 4.29. The summed E-state index contributed by atoms with van der Waals surface area (Å²) in [5.41, 5.74) is 1.38. The molecule has 0 aliphatic heterocycles. The van der Waals surface area contributed by atoms with Crippen LogP contribution in [0.2, 0.25) is 0 Å². The Morgan fingerprint density at radius 3 is 2.67 bits per heavy atom. The van der Waals surface area contributed by atoms with Gasteiger partial charge >= 0.3 is 0 Å². The number of benzene rings is 1. The van der Waals surface area contributed by atoms with Crippen molar-refractivity contribution < 1.29 is 0 Å². The lowest BCUT2D eigenvalue weighted by Crippen LogP contribution is -2.33. The van der Waals surface area contributed by atoms with Gasteiger partial charge in [0.25, 0.3) is 0 Å². The summed E-state index contributed by atoms with van der Waals surface area (Å²) in [4.78, 5) is 7.45. The third-order valence-corrected chi connectivity index (χ3v) is 3.23. The number of rotatable bonds is 6. The largest absolute Gasteiger partial charge is 0.347 e. The van der Waals surface area contributed by atoms with Gasteiger partial charge in [-0.05, 0) is 25.3 Å². The summed E-state index contributed by atoms with van der Waals surface area (Å²) >= 11 is 0. The molecule has 1 aromatic heterocycles. The number of nitrogens with one attached hydrogen (secondary N) is 2. The van der Waals surface area contributed by atoms with E-state index in [0.29, 0.717) is 6.04 Å². The lowest BCUT2D eigenvalue weighted by Gasteiger charge is -2.21. The van der Waals surface area contributed by atoms with Crippen molar-refractivity contribution >= 4 is 0 Å². The molecule has 2 rings (SSSR count). The van der Waals surface area contributed by atoms with Crippen molar-refractivity contribution in [3.05, 3.63) is 54.1 Å². The number of aromatic nitrogens is 2. The Bertz CT molecular complexity index is 436. The molecule has 0 saturated carbocycles. The highest BCUT2D eigenvalue weighted by Gasteiger charge is 2.13. The van der Waals surface area contributed by atoms with Crippen LogP contribution in [0, 0.1) is 0 Å². The second kappa shape index (κ2) is 6.36. The smallest absolute Gasteiger partial charge is 0.122 e. The molecule has 0 saturated heterocycles. The van der Waals surface area contributed by atoms with Gasteiger partial charge in [-0.15, -0.1) is 0 Å². The summed E-state index contributed by atoms with van der Waals surface area (Å²) in [7, 11) is 0. The van der Waals surface area contributed by atoms with E-state index in [1.54, 1.807) is 6.20 Å². The molecule has 0 fully saturated rings. The highest BCUT2D eigenvalue weighted by Crippen LogP contribution is 2.11. The lowest BCUT2D eigenvalue weighted by molar-refractivity contribution is 0.430. The van der Waals surface area contributed by atoms with Gasteiger partial charge in [0, 0.05) is 18.4 Å². The van der Waals surface area contributed by atoms with Gasteiger partial charge in [-0.3, -0.25) is 0 Å². The Kier molecular flexibility index (Phi) is 4.53. The van der Waals surface area contributed by atoms with Gasteiger partial charge in [0.15, 0.2) is 0 Å². The maximum absolute atomic E-state index is 4.29. The van der Waals surface area contributed by atoms with Crippen LogP contribution >= 0.6 is 0 Å². The number of imidazole rings is 1. The number of aromatic amines is 1. The zero-order valence-electron chi connectivity index (χ0n) is 11.1. The van der Waals surface area contributed by atoms with Crippen molar-refractivity contribution in [3.63, 3.8) is 0 Å². The van der Waals surface area contributed by atoms with Gasteiger partial charge < -0.3 is 10.3 Å². The highest BCUT2D eigenvalue weighted by atomic mass is 15.0. The average molecular weight is 243 g/mol. The molecule has 0 aliphatic carbocycles. The Morgan fingerprint density at radius 1 is 1.28 bits per heavy atom. The fourth-order valence-corrected chi connectivity index (χ4v) is 2.17. The monoisotopic (exact) mass is 243 g/mol. The molecule has 0 bridgehead atoms. The Hall–Kier alpha value is -1.61. The Labute approximate surface area is 109 Å². The topological polar surface area (TPSA) is 40.7 Å². The second-order valence-electron chi connectivity index (χ2n) is 4.66. The van der Waals surface area contributed by atoms with E-state index in [9.17, 15) is 0 Å². The van der Waals surface area contributed by atoms with Crippen LogP contribution in [-0.2, 0) is 6.42 Å². The van der Waals surface area contributed by atoms with Gasteiger partial charge in [-0.2, -0.15) is 0 Å². The minimum Gasteiger partial charge on any atom is -0.347 e. The van der Waals surface area contributed by atoms with E-state index in [2.05, 4.69) is 59.5 Å². The first-order chi connectivity index (χ1) is 8.79. The van der Waals surface area contributed by atoms with E-state index in [0.717, 1.165) is 18.7 Å². The fraction of sp³-hybridized carbons (Fsp3) is 0.400. The Morgan fingerprint density at radius 2 is 2.06 bits per heavy atom. The van der Waals surface area contributed by atoms with Crippen LogP contribution in [0.25, 0.3) is 0 Å². The molecule has 3 nitrogen and oxygen atoms in total. The van der Waals surface area contributed by atoms with Crippen LogP contribution in [0.5, 0.6) is 0 Å². The van der Waals surface area contributed by atoms with Crippen LogP contribution in [0.1, 0.15) is 37.7 Å². The first kappa shape index (κ1) is 12.8. The molecule has 2 atom stereocenters. The summed E-state index contributed by atoms with van der Waals surface area (Å²) in [6, 6.07) is 11.4. The summed E-state index contributed by atoms with van der Waals surface area (Å²) in [6.07, 6.45) is 5.83. The standard InChI is InChI=1S/C15H21N3/c1-3-14(11-13-7-5-4-6-8-13)18-12(2)15-16-9-10-17-15/h4-10,12,14,18H,3,11H2,1-2H3,(H,16,17). The van der Waals surface area contributed by atoms with Gasteiger partial charge in [0.2, 0.25) is 0 Å². The SMILES string of the molecule is CCC(Cc1ccccc1)NC(C)c1ncc[nH]1. The molecule has 3 heteroatoms. The van der Waals surface area contributed by atoms with Crippen LogP contribution in [0.4, 0.5) is 0 Å². The van der Waals surface area contributed by atoms with Gasteiger partial charge in [-0.25, -0.2) is 4.98 Å². The molecule has 0 aliphatic rings. The zero-order valence-corrected chi connectivity index (χ0v) is 11.1. The van der Waals surface area contributed by atoms with Crippen LogP contribution in [0.15, 0.2) is 42.7 Å². The molecular formula is C15H21N3. The minimum atomic E-state index is 0.258. The van der Waals surface area contributed by atoms with Crippen molar-refractivity contribution in [1.82, 2.24) is 15.3 Å². The molecule has 2 unspecified atom stereocenters. The average Bonchev–Trinajstić information content (AvgIpc) is 2.93. The van der Waals surface area contributed by atoms with Crippen molar-refractivity contribution in [2.24, 2.45) is 0 Å². The molecule has 1 heterocycles. The van der Waals surface area contributed by atoms with Gasteiger partial charge in [0.1, 0.15) is 5.82 Å². The van der Waals surface area contributed by atoms with E-state index in [1.165, 1.54) is 5.56 Å². The molecule has 0 radical (unpaired) electrons. The fourth-order valence-electron chi connectivity index (χ4n) is 2.17. The van der Waals surface area contributed by atoms with E-state index in [-0.39, 0.29) is 6.04 Å². The molecule has 0 spiro atoms. The quantitative estimate of drug-likeness (QED) is 0.818. The van der Waals surface area contributed by atoms with E-state index in [1.807, 2.05) is 6.20 Å². The van der Waals surface area contributed by atoms with Crippen molar-refractivity contribution in [3.8, 4) is 0 Å². The number of nitrogens with zero attached hydrogens (tertiary/aromatic N) is 1. The molecule has 18 heavy (non-hydrogen) atoms. The zero-order chi connectivity index (χ0) is 12.8. The summed E-state index contributed by atoms with van der Waals surface area (Å²) in [5.74, 6) is 1.00. The number of H-pyrrole nitrogens is 1. The molecular weight excluding hydrogens is 222 g/mol. The van der Waals surface area contributed by atoms with Gasteiger partial charge in [-0.1, -0.05) is 37.3 Å². The van der Waals surface area contributed by atoms with Gasteiger partial charge in [0.05, 0.1) is 6.04 Å². The third-order valence-electron chi connectivity index (χ3n) is 3.23. The lowest BCUT2D eigenvalue weighted by atomic mass is 10.0. The van der Waals surface area contributed by atoms with Crippen molar-refractivity contribution in [1.29, 1.82) is 0 Å². The van der Waals surface area contributed by atoms with Crippen molar-refractivity contribution in [2.75, 3.05) is 0 Å². The molecule has 2 aromatic rings. The molecule has 0 amide bonds. The maximum Gasteiger partial charge on any atom is 0.122 e. The Balaban J connectivity index is 1.93. The summed E-state index contributed by atoms with van der Waals surface area (Å²) < 4.78 is 0. The van der Waals surface area contributed by atoms with E-state index < -0.39 is 0 Å². The predicted octanol–water partition coefficient (Wildman–Crippen LogP) is 3.08. The first-order valence-electron chi connectivity index (χ1n) is 6.59. The highest BCUT2D eigenvalue weighted by molar-refractivity contribution is 5.16. The molecule has 2 N–H and O–H groups in total. The van der Waals surface area contributed by atoms with Crippen LogP contribution in [-0.4, -0.2) is 16.0 Å². The van der Waals surface area contributed by atoms with E-state index >= 15 is 0 Å².